The minimum Gasteiger partial charge on any atom is -0.355 e. The molecule has 18 heavy (non-hydrogen) atoms. The Hall–Kier alpha value is -1.23. The van der Waals surface area contributed by atoms with Crippen LogP contribution in [0.25, 0.3) is 0 Å². The van der Waals surface area contributed by atoms with Crippen molar-refractivity contribution in [3.8, 4) is 0 Å². The van der Waals surface area contributed by atoms with Gasteiger partial charge in [0, 0.05) is 23.1 Å². The Morgan fingerprint density at radius 2 is 2.22 bits per heavy atom. The van der Waals surface area contributed by atoms with E-state index in [2.05, 4.69) is 5.32 Å². The number of halogens is 1. The number of carbonyl (C=O) groups excluding carboxylic acids is 1. The standard InChI is InChI=1S/C13H18FNO2S/c1-2-3-7-15-13(16)10-18(17)9-11-5-4-6-12(14)8-11/h4-6,8H,2-3,7,9-10H2,1H3,(H,15,16)/t18-/m0/s1. The van der Waals surface area contributed by atoms with E-state index in [1.807, 2.05) is 6.92 Å². The van der Waals surface area contributed by atoms with Crippen molar-refractivity contribution in [1.82, 2.24) is 5.32 Å². The van der Waals surface area contributed by atoms with Crippen LogP contribution in [0.2, 0.25) is 0 Å². The monoisotopic (exact) mass is 271 g/mol. The first kappa shape index (κ1) is 14.8. The maximum atomic E-state index is 12.9. The molecular weight excluding hydrogens is 253 g/mol. The molecule has 0 saturated heterocycles. The highest BCUT2D eigenvalue weighted by Gasteiger charge is 2.08. The third kappa shape index (κ3) is 5.91. The molecule has 1 N–H and O–H groups in total. The molecule has 1 amide bonds. The lowest BCUT2D eigenvalue weighted by atomic mass is 10.2. The van der Waals surface area contributed by atoms with Crippen molar-refractivity contribution >= 4 is 16.7 Å². The van der Waals surface area contributed by atoms with Gasteiger partial charge < -0.3 is 5.32 Å². The van der Waals surface area contributed by atoms with Crippen molar-refractivity contribution in [3.63, 3.8) is 0 Å². The second-order valence-electron chi connectivity index (χ2n) is 4.06. The third-order valence-electron chi connectivity index (χ3n) is 2.36. The van der Waals surface area contributed by atoms with Gasteiger partial charge in [-0.25, -0.2) is 4.39 Å². The predicted octanol–water partition coefficient (Wildman–Crippen LogP) is 1.99. The summed E-state index contributed by atoms with van der Waals surface area (Å²) in [6.07, 6.45) is 1.93. The van der Waals surface area contributed by atoms with Crippen LogP contribution in [0.15, 0.2) is 24.3 Å². The lowest BCUT2D eigenvalue weighted by Crippen LogP contribution is -2.29. The Kier molecular flexibility index (Phi) is 6.57. The Balaban J connectivity index is 2.35. The molecule has 0 aromatic heterocycles. The number of unbranched alkanes of at least 4 members (excludes halogenated alkanes) is 1. The molecular formula is C13H18FNO2S. The Labute approximate surface area is 109 Å². The smallest absolute Gasteiger partial charge is 0.232 e. The summed E-state index contributed by atoms with van der Waals surface area (Å²) in [7, 11) is -1.29. The molecule has 0 heterocycles. The van der Waals surface area contributed by atoms with Crippen molar-refractivity contribution in [1.29, 1.82) is 0 Å². The molecule has 1 atom stereocenters. The minimum absolute atomic E-state index is 0.0276. The average Bonchev–Trinajstić information content (AvgIpc) is 2.29. The van der Waals surface area contributed by atoms with Crippen LogP contribution in [-0.4, -0.2) is 22.4 Å². The van der Waals surface area contributed by atoms with E-state index in [4.69, 9.17) is 0 Å². The fourth-order valence-corrected chi connectivity index (χ4v) is 2.51. The van der Waals surface area contributed by atoms with E-state index in [1.165, 1.54) is 12.1 Å². The van der Waals surface area contributed by atoms with Crippen molar-refractivity contribution in [3.05, 3.63) is 35.6 Å². The van der Waals surface area contributed by atoms with Crippen molar-refractivity contribution < 1.29 is 13.4 Å². The van der Waals surface area contributed by atoms with Gasteiger partial charge in [0.15, 0.2) is 0 Å². The highest BCUT2D eigenvalue weighted by Crippen LogP contribution is 2.06. The first-order valence-electron chi connectivity index (χ1n) is 5.98. The number of hydrogen-bond donors (Lipinski definition) is 1. The lowest BCUT2D eigenvalue weighted by molar-refractivity contribution is -0.118. The van der Waals surface area contributed by atoms with Gasteiger partial charge in [-0.05, 0) is 24.1 Å². The third-order valence-corrected chi connectivity index (χ3v) is 3.60. The van der Waals surface area contributed by atoms with Gasteiger partial charge in [0.1, 0.15) is 11.6 Å². The second kappa shape index (κ2) is 7.97. The van der Waals surface area contributed by atoms with Crippen LogP contribution in [0.1, 0.15) is 25.3 Å². The molecule has 0 fully saturated rings. The molecule has 1 aromatic rings. The van der Waals surface area contributed by atoms with E-state index in [9.17, 15) is 13.4 Å². The van der Waals surface area contributed by atoms with Crippen molar-refractivity contribution in [2.45, 2.75) is 25.5 Å². The van der Waals surface area contributed by atoms with Crippen LogP contribution < -0.4 is 5.32 Å². The van der Waals surface area contributed by atoms with Gasteiger partial charge in [0.05, 0.1) is 0 Å². The summed E-state index contributed by atoms with van der Waals surface area (Å²) in [5, 5.41) is 2.71. The summed E-state index contributed by atoms with van der Waals surface area (Å²) in [5.41, 5.74) is 0.648. The molecule has 0 spiro atoms. The molecule has 1 aromatic carbocycles. The SMILES string of the molecule is CCCCNC(=O)C[S@@](=O)Cc1cccc(F)c1. The number of hydrogen-bond acceptors (Lipinski definition) is 2. The molecule has 0 saturated carbocycles. The van der Waals surface area contributed by atoms with Gasteiger partial charge in [0.2, 0.25) is 5.91 Å². The van der Waals surface area contributed by atoms with Crippen molar-refractivity contribution in [2.24, 2.45) is 0 Å². The number of carbonyl (C=O) groups is 1. The number of amides is 1. The zero-order chi connectivity index (χ0) is 13.4. The van der Waals surface area contributed by atoms with Gasteiger partial charge in [-0.15, -0.1) is 0 Å². The maximum absolute atomic E-state index is 12.9. The van der Waals surface area contributed by atoms with Crippen LogP contribution in [-0.2, 0) is 21.3 Å². The van der Waals surface area contributed by atoms with Crippen LogP contribution in [0.4, 0.5) is 4.39 Å². The fraction of sp³-hybridized carbons (Fsp3) is 0.462. The Morgan fingerprint density at radius 3 is 2.89 bits per heavy atom. The summed E-state index contributed by atoms with van der Waals surface area (Å²) in [6.45, 7) is 2.65. The van der Waals surface area contributed by atoms with E-state index in [0.717, 1.165) is 12.8 Å². The zero-order valence-electron chi connectivity index (χ0n) is 10.4. The summed E-state index contributed by atoms with van der Waals surface area (Å²) in [5.74, 6) is -0.380. The second-order valence-corrected chi connectivity index (χ2v) is 5.52. The van der Waals surface area contributed by atoms with E-state index in [-0.39, 0.29) is 23.2 Å². The molecule has 5 heteroatoms. The molecule has 0 aliphatic carbocycles. The van der Waals surface area contributed by atoms with Gasteiger partial charge >= 0.3 is 0 Å². The van der Waals surface area contributed by atoms with Gasteiger partial charge in [-0.1, -0.05) is 25.5 Å². The number of rotatable bonds is 7. The molecule has 0 bridgehead atoms. The highest BCUT2D eigenvalue weighted by atomic mass is 32.2. The summed E-state index contributed by atoms with van der Waals surface area (Å²) >= 11 is 0. The van der Waals surface area contributed by atoms with Gasteiger partial charge in [0.25, 0.3) is 0 Å². The summed E-state index contributed by atoms with van der Waals surface area (Å²) in [4.78, 5) is 11.4. The molecule has 100 valence electrons. The summed E-state index contributed by atoms with van der Waals surface area (Å²) in [6, 6.07) is 5.95. The van der Waals surface area contributed by atoms with Crippen LogP contribution in [0.3, 0.4) is 0 Å². The number of nitrogens with one attached hydrogen (secondary N) is 1. The van der Waals surface area contributed by atoms with Crippen LogP contribution in [0.5, 0.6) is 0 Å². The first-order chi connectivity index (χ1) is 8.61. The lowest BCUT2D eigenvalue weighted by Gasteiger charge is -2.04. The van der Waals surface area contributed by atoms with E-state index in [0.29, 0.717) is 12.1 Å². The predicted molar refractivity (Wildman–Crippen MR) is 71.0 cm³/mol. The van der Waals surface area contributed by atoms with E-state index >= 15 is 0 Å². The molecule has 0 unspecified atom stereocenters. The van der Waals surface area contributed by atoms with E-state index in [1.54, 1.807) is 12.1 Å². The first-order valence-corrected chi connectivity index (χ1v) is 7.46. The van der Waals surface area contributed by atoms with Crippen LogP contribution in [0, 0.1) is 5.82 Å². The fourth-order valence-electron chi connectivity index (χ4n) is 1.47. The highest BCUT2D eigenvalue weighted by molar-refractivity contribution is 7.84. The minimum atomic E-state index is -1.29. The van der Waals surface area contributed by atoms with E-state index < -0.39 is 10.8 Å². The van der Waals surface area contributed by atoms with Gasteiger partial charge in [-0.3, -0.25) is 9.00 Å². The Morgan fingerprint density at radius 1 is 1.44 bits per heavy atom. The zero-order valence-corrected chi connectivity index (χ0v) is 11.3. The average molecular weight is 271 g/mol. The van der Waals surface area contributed by atoms with Crippen LogP contribution >= 0.6 is 0 Å². The largest absolute Gasteiger partial charge is 0.355 e. The summed E-state index contributed by atoms with van der Waals surface area (Å²) < 4.78 is 24.6. The number of benzene rings is 1. The molecule has 1 rings (SSSR count). The van der Waals surface area contributed by atoms with Crippen molar-refractivity contribution in [2.75, 3.05) is 12.3 Å². The maximum Gasteiger partial charge on any atom is 0.232 e. The quantitative estimate of drug-likeness (QED) is 0.771. The molecule has 3 nitrogen and oxygen atoms in total. The Bertz CT molecular complexity index is 423. The topological polar surface area (TPSA) is 46.2 Å². The molecule has 0 radical (unpaired) electrons. The normalized spacial score (nSPS) is 12.1. The molecule has 0 aliphatic heterocycles. The molecule has 0 aliphatic rings. The van der Waals surface area contributed by atoms with Gasteiger partial charge in [-0.2, -0.15) is 0 Å².